The highest BCUT2D eigenvalue weighted by Gasteiger charge is 2.13. The third kappa shape index (κ3) is 3.61. The molecule has 0 aliphatic heterocycles. The van der Waals surface area contributed by atoms with E-state index in [9.17, 15) is 4.79 Å². The first-order valence-electron chi connectivity index (χ1n) is 8.22. The van der Waals surface area contributed by atoms with Gasteiger partial charge in [-0.2, -0.15) is 4.68 Å². The van der Waals surface area contributed by atoms with E-state index in [4.69, 9.17) is 16.0 Å². The summed E-state index contributed by atoms with van der Waals surface area (Å²) >= 11 is 7.51. The summed E-state index contributed by atoms with van der Waals surface area (Å²) in [5.74, 6) is 0.533. The highest BCUT2D eigenvalue weighted by Crippen LogP contribution is 2.28. The molecular formula is C19H15ClN4O2S. The third-order valence-corrected chi connectivity index (χ3v) is 5.50. The van der Waals surface area contributed by atoms with Crippen LogP contribution in [0.25, 0.3) is 16.7 Å². The molecule has 0 N–H and O–H groups in total. The molecule has 6 nitrogen and oxygen atoms in total. The molecule has 136 valence electrons. The lowest BCUT2D eigenvalue weighted by atomic mass is 10.0. The SMILES string of the molecule is Cc1cc2oc(=O)cc(CSc3nnnn3-c3cccc(Cl)c3)c2cc1C. The van der Waals surface area contributed by atoms with Gasteiger partial charge in [0.25, 0.3) is 0 Å². The van der Waals surface area contributed by atoms with Crippen LogP contribution in [0.4, 0.5) is 0 Å². The van der Waals surface area contributed by atoms with E-state index >= 15 is 0 Å². The van der Waals surface area contributed by atoms with Crippen LogP contribution in [-0.2, 0) is 5.75 Å². The van der Waals surface area contributed by atoms with E-state index in [1.54, 1.807) is 16.8 Å². The van der Waals surface area contributed by atoms with Gasteiger partial charge in [-0.1, -0.05) is 29.4 Å². The predicted molar refractivity (Wildman–Crippen MR) is 106 cm³/mol. The number of benzene rings is 2. The molecule has 8 heteroatoms. The Labute approximate surface area is 164 Å². The molecule has 0 bridgehead atoms. The van der Waals surface area contributed by atoms with Crippen LogP contribution in [-0.4, -0.2) is 20.2 Å². The number of halogens is 1. The second-order valence-corrected chi connectivity index (χ2v) is 7.54. The van der Waals surface area contributed by atoms with Crippen molar-refractivity contribution in [3.8, 4) is 5.69 Å². The standard InChI is InChI=1S/C19H15ClN4O2S/c1-11-6-16-13(8-18(25)26-17(16)7-12(11)2)10-27-19-21-22-23-24(19)15-5-3-4-14(20)9-15/h3-9H,10H2,1-2H3. The summed E-state index contributed by atoms with van der Waals surface area (Å²) in [5, 5.41) is 14.0. The zero-order valence-electron chi connectivity index (χ0n) is 14.6. The van der Waals surface area contributed by atoms with Gasteiger partial charge in [0.2, 0.25) is 5.16 Å². The highest BCUT2D eigenvalue weighted by molar-refractivity contribution is 7.98. The van der Waals surface area contributed by atoms with Crippen LogP contribution in [0.15, 0.2) is 56.8 Å². The van der Waals surface area contributed by atoms with Gasteiger partial charge in [-0.25, -0.2) is 4.79 Å². The van der Waals surface area contributed by atoms with Gasteiger partial charge in [0.15, 0.2) is 0 Å². The second-order valence-electron chi connectivity index (χ2n) is 6.17. The first-order valence-corrected chi connectivity index (χ1v) is 9.59. The number of hydrogen-bond donors (Lipinski definition) is 0. The predicted octanol–water partition coefficient (Wildman–Crippen LogP) is 4.33. The molecule has 2 aromatic carbocycles. The van der Waals surface area contributed by atoms with Crippen molar-refractivity contribution in [2.75, 3.05) is 0 Å². The van der Waals surface area contributed by atoms with Crippen molar-refractivity contribution in [2.45, 2.75) is 24.8 Å². The van der Waals surface area contributed by atoms with Crippen molar-refractivity contribution in [1.29, 1.82) is 0 Å². The van der Waals surface area contributed by atoms with Crippen molar-refractivity contribution in [1.82, 2.24) is 20.2 Å². The van der Waals surface area contributed by atoms with Crippen molar-refractivity contribution < 1.29 is 4.42 Å². The molecule has 0 aliphatic carbocycles. The number of tetrazole rings is 1. The van der Waals surface area contributed by atoms with Gasteiger partial charge in [0.05, 0.1) is 5.69 Å². The molecule has 0 amide bonds. The molecule has 27 heavy (non-hydrogen) atoms. The van der Waals surface area contributed by atoms with Crippen LogP contribution in [0.3, 0.4) is 0 Å². The Morgan fingerprint density at radius 2 is 1.96 bits per heavy atom. The molecule has 4 rings (SSSR count). The fraction of sp³-hybridized carbons (Fsp3) is 0.158. The lowest BCUT2D eigenvalue weighted by Crippen LogP contribution is -2.02. The first-order chi connectivity index (χ1) is 13.0. The Kier molecular flexibility index (Phi) is 4.72. The quantitative estimate of drug-likeness (QED) is 0.376. The Bertz CT molecular complexity index is 1200. The van der Waals surface area contributed by atoms with E-state index in [-0.39, 0.29) is 5.63 Å². The molecule has 0 aliphatic rings. The van der Waals surface area contributed by atoms with Gasteiger partial charge >= 0.3 is 5.63 Å². The molecule has 2 aromatic heterocycles. The van der Waals surface area contributed by atoms with E-state index < -0.39 is 0 Å². The van der Waals surface area contributed by atoms with Crippen LogP contribution >= 0.6 is 23.4 Å². The number of thioether (sulfide) groups is 1. The van der Waals surface area contributed by atoms with E-state index in [1.807, 2.05) is 38.1 Å². The zero-order valence-corrected chi connectivity index (χ0v) is 16.2. The number of nitrogens with zero attached hydrogens (tertiary/aromatic N) is 4. The lowest BCUT2D eigenvalue weighted by Gasteiger charge is -2.08. The van der Waals surface area contributed by atoms with Gasteiger partial charge in [0, 0.05) is 22.2 Å². The number of rotatable bonds is 4. The number of fused-ring (bicyclic) bond motifs is 1. The molecule has 0 fully saturated rings. The van der Waals surface area contributed by atoms with Crippen LogP contribution in [0.5, 0.6) is 0 Å². The fourth-order valence-corrected chi connectivity index (χ4v) is 3.85. The second kappa shape index (κ2) is 7.17. The van der Waals surface area contributed by atoms with Gasteiger partial charge < -0.3 is 4.42 Å². The van der Waals surface area contributed by atoms with Crippen molar-refractivity contribution in [3.05, 3.63) is 74.6 Å². The monoisotopic (exact) mass is 398 g/mol. The Balaban J connectivity index is 1.68. The Morgan fingerprint density at radius 1 is 1.15 bits per heavy atom. The zero-order chi connectivity index (χ0) is 19.0. The molecule has 0 unspecified atom stereocenters. The van der Waals surface area contributed by atoms with Crippen LogP contribution in [0.1, 0.15) is 16.7 Å². The van der Waals surface area contributed by atoms with E-state index in [0.29, 0.717) is 21.5 Å². The van der Waals surface area contributed by atoms with Crippen LogP contribution in [0.2, 0.25) is 5.02 Å². The van der Waals surface area contributed by atoms with Gasteiger partial charge in [0.1, 0.15) is 5.58 Å². The molecule has 2 heterocycles. The lowest BCUT2D eigenvalue weighted by molar-refractivity contribution is 0.559. The molecule has 0 atom stereocenters. The Morgan fingerprint density at radius 3 is 2.78 bits per heavy atom. The topological polar surface area (TPSA) is 73.8 Å². The number of aryl methyl sites for hydroxylation is 2. The summed E-state index contributed by atoms with van der Waals surface area (Å²) < 4.78 is 6.98. The maximum Gasteiger partial charge on any atom is 0.336 e. The average Bonchev–Trinajstić information content (AvgIpc) is 3.10. The normalized spacial score (nSPS) is 11.2. The van der Waals surface area contributed by atoms with E-state index in [1.165, 1.54) is 17.8 Å². The van der Waals surface area contributed by atoms with Crippen LogP contribution < -0.4 is 5.63 Å². The average molecular weight is 399 g/mol. The van der Waals surface area contributed by atoms with Gasteiger partial charge in [-0.3, -0.25) is 0 Å². The molecule has 0 saturated heterocycles. The minimum atomic E-state index is -0.365. The molecule has 0 spiro atoms. The van der Waals surface area contributed by atoms with E-state index in [2.05, 4.69) is 15.5 Å². The summed E-state index contributed by atoms with van der Waals surface area (Å²) in [6.07, 6.45) is 0. The Hall–Kier alpha value is -2.64. The number of aromatic nitrogens is 4. The molecule has 4 aromatic rings. The minimum Gasteiger partial charge on any atom is -0.423 e. The third-order valence-electron chi connectivity index (χ3n) is 4.29. The summed E-state index contributed by atoms with van der Waals surface area (Å²) in [4.78, 5) is 12.0. The molecule has 0 saturated carbocycles. The van der Waals surface area contributed by atoms with Crippen molar-refractivity contribution >= 4 is 34.3 Å². The summed E-state index contributed by atoms with van der Waals surface area (Å²) in [7, 11) is 0. The molecular weight excluding hydrogens is 384 g/mol. The van der Waals surface area contributed by atoms with Crippen LogP contribution in [0, 0.1) is 13.8 Å². The smallest absolute Gasteiger partial charge is 0.336 e. The largest absolute Gasteiger partial charge is 0.423 e. The molecule has 0 radical (unpaired) electrons. The summed E-state index contributed by atoms with van der Waals surface area (Å²) in [6, 6.07) is 12.8. The van der Waals surface area contributed by atoms with E-state index in [0.717, 1.165) is 27.8 Å². The van der Waals surface area contributed by atoms with Gasteiger partial charge in [-0.15, -0.1) is 5.10 Å². The maximum atomic E-state index is 12.0. The maximum absolute atomic E-state index is 12.0. The minimum absolute atomic E-state index is 0.365. The fourth-order valence-electron chi connectivity index (χ4n) is 2.78. The summed E-state index contributed by atoms with van der Waals surface area (Å²) in [5.41, 5.74) is 4.12. The van der Waals surface area contributed by atoms with Gasteiger partial charge in [-0.05, 0) is 71.3 Å². The highest BCUT2D eigenvalue weighted by atomic mass is 35.5. The summed E-state index contributed by atoms with van der Waals surface area (Å²) in [6.45, 7) is 4.03. The first kappa shape index (κ1) is 17.8. The van der Waals surface area contributed by atoms with Crippen molar-refractivity contribution in [2.24, 2.45) is 0 Å². The number of hydrogen-bond acceptors (Lipinski definition) is 6. The van der Waals surface area contributed by atoms with Crippen molar-refractivity contribution in [3.63, 3.8) is 0 Å².